The second kappa shape index (κ2) is 6.17. The van der Waals surface area contributed by atoms with Gasteiger partial charge in [0.15, 0.2) is 0 Å². The topological polar surface area (TPSA) is 15.3 Å². The second-order valence-electron chi connectivity index (χ2n) is 6.57. The average Bonchev–Trinajstić information content (AvgIpc) is 2.77. The Balaban J connectivity index is 2.24. The molecule has 114 valence electrons. The second-order valence-corrected chi connectivity index (χ2v) is 8.03. The zero-order valence-electron chi connectivity index (χ0n) is 13.9. The predicted octanol–water partition coefficient (Wildman–Crippen LogP) is 4.28. The number of piperazine rings is 1. The van der Waals surface area contributed by atoms with E-state index < -0.39 is 0 Å². The van der Waals surface area contributed by atoms with Crippen LogP contribution in [0, 0.1) is 13.8 Å². The summed E-state index contributed by atoms with van der Waals surface area (Å²) in [5.41, 5.74) is 1.80. The van der Waals surface area contributed by atoms with Gasteiger partial charge in [-0.1, -0.05) is 13.8 Å². The maximum atomic E-state index is 3.76. The molecule has 2 heterocycles. The first-order chi connectivity index (χ1) is 9.40. The van der Waals surface area contributed by atoms with Crippen LogP contribution in [0.3, 0.4) is 0 Å². The van der Waals surface area contributed by atoms with Crippen molar-refractivity contribution in [1.29, 1.82) is 0 Å². The van der Waals surface area contributed by atoms with Gasteiger partial charge in [0, 0.05) is 40.5 Å². The lowest BCUT2D eigenvalue weighted by Crippen LogP contribution is -2.62. The number of aryl methyl sites for hydroxylation is 2. The van der Waals surface area contributed by atoms with E-state index >= 15 is 0 Å². The summed E-state index contributed by atoms with van der Waals surface area (Å²) in [5, 5.41) is 3.76. The van der Waals surface area contributed by atoms with Crippen molar-refractivity contribution in [2.45, 2.75) is 72.0 Å². The molecule has 0 aromatic carbocycles. The Hall–Kier alpha value is -0.380. The molecule has 2 nitrogen and oxygen atoms in total. The molecule has 3 heteroatoms. The van der Waals surface area contributed by atoms with Gasteiger partial charge in [0.1, 0.15) is 0 Å². The Bertz CT molecular complexity index is 454. The van der Waals surface area contributed by atoms with Crippen LogP contribution in [0.4, 0.5) is 0 Å². The van der Waals surface area contributed by atoms with E-state index in [1.54, 1.807) is 0 Å². The number of hydrogen-bond donors (Lipinski definition) is 1. The maximum Gasteiger partial charge on any atom is 0.0335 e. The third-order valence-corrected chi connectivity index (χ3v) is 6.03. The fraction of sp³-hybridized carbons (Fsp3) is 0.765. The summed E-state index contributed by atoms with van der Waals surface area (Å²) >= 11 is 1.93. The lowest BCUT2D eigenvalue weighted by molar-refractivity contribution is 0.0493. The van der Waals surface area contributed by atoms with Gasteiger partial charge in [-0.3, -0.25) is 4.90 Å². The standard InChI is InChI=1S/C17H30N2S/c1-7-15-10-18-17(6,8-2)11-19(15)13(4)16-9-12(3)20-14(16)5/h9,13,15,18H,7-8,10-11H2,1-6H3. The molecule has 1 aliphatic rings. The molecule has 1 saturated heterocycles. The fourth-order valence-corrected chi connectivity index (χ4v) is 4.40. The van der Waals surface area contributed by atoms with Gasteiger partial charge in [0.25, 0.3) is 0 Å². The summed E-state index contributed by atoms with van der Waals surface area (Å²) in [5.74, 6) is 0. The molecule has 1 aromatic heterocycles. The zero-order valence-corrected chi connectivity index (χ0v) is 14.7. The summed E-state index contributed by atoms with van der Waals surface area (Å²) in [7, 11) is 0. The van der Waals surface area contributed by atoms with Gasteiger partial charge in [0.2, 0.25) is 0 Å². The quantitative estimate of drug-likeness (QED) is 0.891. The largest absolute Gasteiger partial charge is 0.309 e. The molecule has 20 heavy (non-hydrogen) atoms. The number of rotatable bonds is 4. The van der Waals surface area contributed by atoms with Crippen LogP contribution < -0.4 is 5.32 Å². The summed E-state index contributed by atoms with van der Waals surface area (Å²) in [6, 6.07) is 3.57. The smallest absolute Gasteiger partial charge is 0.0335 e. The Kier molecular flexibility index (Phi) is 4.93. The van der Waals surface area contributed by atoms with Crippen LogP contribution in [0.1, 0.15) is 61.9 Å². The summed E-state index contributed by atoms with van der Waals surface area (Å²) in [6.07, 6.45) is 2.41. The van der Waals surface area contributed by atoms with Crippen LogP contribution in [0.5, 0.6) is 0 Å². The Morgan fingerprint density at radius 2 is 2.15 bits per heavy atom. The molecule has 0 aliphatic carbocycles. The van der Waals surface area contributed by atoms with Gasteiger partial charge in [-0.05, 0) is 52.2 Å². The molecule has 0 bridgehead atoms. The molecule has 3 atom stereocenters. The van der Waals surface area contributed by atoms with Gasteiger partial charge >= 0.3 is 0 Å². The highest BCUT2D eigenvalue weighted by Crippen LogP contribution is 2.34. The van der Waals surface area contributed by atoms with Crippen molar-refractivity contribution in [3.8, 4) is 0 Å². The van der Waals surface area contributed by atoms with Gasteiger partial charge in [0.05, 0.1) is 0 Å². The Morgan fingerprint density at radius 3 is 2.65 bits per heavy atom. The van der Waals surface area contributed by atoms with Gasteiger partial charge in [-0.15, -0.1) is 11.3 Å². The number of hydrogen-bond acceptors (Lipinski definition) is 3. The highest BCUT2D eigenvalue weighted by atomic mass is 32.1. The van der Waals surface area contributed by atoms with E-state index in [4.69, 9.17) is 0 Å². The third kappa shape index (κ3) is 3.10. The van der Waals surface area contributed by atoms with E-state index in [0.29, 0.717) is 12.1 Å². The van der Waals surface area contributed by atoms with Gasteiger partial charge < -0.3 is 5.32 Å². The Labute approximate surface area is 128 Å². The van der Waals surface area contributed by atoms with Crippen molar-refractivity contribution in [2.75, 3.05) is 13.1 Å². The summed E-state index contributed by atoms with van der Waals surface area (Å²) < 4.78 is 0. The molecule has 1 aliphatic heterocycles. The van der Waals surface area contributed by atoms with Crippen LogP contribution in [-0.2, 0) is 0 Å². The lowest BCUT2D eigenvalue weighted by atomic mass is 9.90. The molecule has 1 N–H and O–H groups in total. The van der Waals surface area contributed by atoms with Crippen LogP contribution >= 0.6 is 11.3 Å². The molecular formula is C17H30N2S. The predicted molar refractivity (Wildman–Crippen MR) is 89.7 cm³/mol. The molecular weight excluding hydrogens is 264 g/mol. The van der Waals surface area contributed by atoms with Crippen molar-refractivity contribution < 1.29 is 0 Å². The average molecular weight is 295 g/mol. The van der Waals surface area contributed by atoms with Crippen LogP contribution in [0.2, 0.25) is 0 Å². The number of thiophene rings is 1. The van der Waals surface area contributed by atoms with Crippen LogP contribution in [-0.4, -0.2) is 29.6 Å². The zero-order chi connectivity index (χ0) is 14.9. The lowest BCUT2D eigenvalue weighted by Gasteiger charge is -2.48. The van der Waals surface area contributed by atoms with E-state index in [-0.39, 0.29) is 5.54 Å². The van der Waals surface area contributed by atoms with E-state index in [1.165, 1.54) is 28.2 Å². The molecule has 1 fully saturated rings. The first kappa shape index (κ1) is 16.0. The normalized spacial score (nSPS) is 29.6. The van der Waals surface area contributed by atoms with Crippen LogP contribution in [0.25, 0.3) is 0 Å². The summed E-state index contributed by atoms with van der Waals surface area (Å²) in [6.45, 7) is 16.1. The van der Waals surface area contributed by atoms with Crippen molar-refractivity contribution in [2.24, 2.45) is 0 Å². The molecule has 0 saturated carbocycles. The van der Waals surface area contributed by atoms with Gasteiger partial charge in [-0.25, -0.2) is 0 Å². The number of nitrogens with one attached hydrogen (secondary N) is 1. The van der Waals surface area contributed by atoms with Gasteiger partial charge in [-0.2, -0.15) is 0 Å². The molecule has 0 spiro atoms. The highest BCUT2D eigenvalue weighted by Gasteiger charge is 2.36. The first-order valence-corrected chi connectivity index (χ1v) is 8.79. The van der Waals surface area contributed by atoms with Crippen molar-refractivity contribution in [3.63, 3.8) is 0 Å². The first-order valence-electron chi connectivity index (χ1n) is 7.98. The molecule has 0 amide bonds. The minimum atomic E-state index is 0.263. The minimum Gasteiger partial charge on any atom is -0.309 e. The van der Waals surface area contributed by atoms with Crippen LogP contribution in [0.15, 0.2) is 6.07 Å². The maximum absolute atomic E-state index is 3.76. The third-order valence-electron chi connectivity index (χ3n) is 5.04. The molecule has 0 radical (unpaired) electrons. The molecule has 1 aromatic rings. The minimum absolute atomic E-state index is 0.263. The van der Waals surface area contributed by atoms with Crippen molar-refractivity contribution in [1.82, 2.24) is 10.2 Å². The Morgan fingerprint density at radius 1 is 1.45 bits per heavy atom. The SMILES string of the molecule is CCC1CNC(C)(CC)CN1C(C)c1cc(C)sc1C. The summed E-state index contributed by atoms with van der Waals surface area (Å²) in [4.78, 5) is 5.65. The van der Waals surface area contributed by atoms with Crippen molar-refractivity contribution >= 4 is 11.3 Å². The highest BCUT2D eigenvalue weighted by molar-refractivity contribution is 7.12. The van der Waals surface area contributed by atoms with E-state index in [1.807, 2.05) is 11.3 Å². The molecule has 2 rings (SSSR count). The van der Waals surface area contributed by atoms with E-state index in [2.05, 4.69) is 57.8 Å². The monoisotopic (exact) mass is 294 g/mol. The van der Waals surface area contributed by atoms with E-state index in [9.17, 15) is 0 Å². The fourth-order valence-electron chi connectivity index (χ4n) is 3.38. The molecule has 3 unspecified atom stereocenters. The van der Waals surface area contributed by atoms with E-state index in [0.717, 1.165) is 13.1 Å². The van der Waals surface area contributed by atoms with Crippen molar-refractivity contribution in [3.05, 3.63) is 21.4 Å². The number of nitrogens with zero attached hydrogens (tertiary/aromatic N) is 1.